The minimum absolute atomic E-state index is 0.0531. The highest BCUT2D eigenvalue weighted by Gasteiger charge is 2.41. The van der Waals surface area contributed by atoms with Crippen LogP contribution in [0, 0.1) is 0 Å². The van der Waals surface area contributed by atoms with Gasteiger partial charge in [0.2, 0.25) is 11.9 Å². The average molecular weight is 359 g/mol. The van der Waals surface area contributed by atoms with Gasteiger partial charge in [-0.1, -0.05) is 19.3 Å². The first-order chi connectivity index (χ1) is 12.7. The molecule has 1 spiro atoms. The second-order valence-electron chi connectivity index (χ2n) is 7.84. The van der Waals surface area contributed by atoms with Crippen LogP contribution in [-0.2, 0) is 9.53 Å². The standard InChI is InChI=1S/C19H29N5O2/c25-17(22-16-13-19(26-15-16)5-2-1-3-6-19)14-23-9-11-24(12-10-23)18-20-7-4-8-21-18/h4,7-8,16H,1-3,5-6,9-15H2,(H,22,25). The van der Waals surface area contributed by atoms with E-state index in [0.29, 0.717) is 13.2 Å². The van der Waals surface area contributed by atoms with Gasteiger partial charge in [0, 0.05) is 38.6 Å². The molecule has 7 heteroatoms. The number of carbonyl (C=O) groups excluding carboxylic acids is 1. The lowest BCUT2D eigenvalue weighted by molar-refractivity contribution is -0.123. The lowest BCUT2D eigenvalue weighted by atomic mass is 9.82. The predicted molar refractivity (Wildman–Crippen MR) is 99.0 cm³/mol. The summed E-state index contributed by atoms with van der Waals surface area (Å²) in [7, 11) is 0. The third-order valence-electron chi connectivity index (χ3n) is 5.91. The number of nitrogens with zero attached hydrogens (tertiary/aromatic N) is 4. The van der Waals surface area contributed by atoms with E-state index in [1.54, 1.807) is 12.4 Å². The van der Waals surface area contributed by atoms with Crippen molar-refractivity contribution in [1.29, 1.82) is 0 Å². The van der Waals surface area contributed by atoms with Gasteiger partial charge in [0.15, 0.2) is 0 Å². The van der Waals surface area contributed by atoms with Crippen LogP contribution >= 0.6 is 0 Å². The second-order valence-corrected chi connectivity index (χ2v) is 7.84. The zero-order valence-corrected chi connectivity index (χ0v) is 15.4. The van der Waals surface area contributed by atoms with Gasteiger partial charge in [0.1, 0.15) is 0 Å². The number of hydrogen-bond acceptors (Lipinski definition) is 6. The van der Waals surface area contributed by atoms with Crippen molar-refractivity contribution in [2.45, 2.75) is 50.2 Å². The second kappa shape index (κ2) is 7.88. The molecule has 0 aromatic carbocycles. The maximum Gasteiger partial charge on any atom is 0.234 e. The van der Waals surface area contributed by atoms with Crippen molar-refractivity contribution < 1.29 is 9.53 Å². The van der Waals surface area contributed by atoms with Crippen LogP contribution in [0.25, 0.3) is 0 Å². The summed E-state index contributed by atoms with van der Waals surface area (Å²) < 4.78 is 6.10. The Morgan fingerprint density at radius 3 is 2.62 bits per heavy atom. The van der Waals surface area contributed by atoms with Crippen LogP contribution < -0.4 is 10.2 Å². The highest BCUT2D eigenvalue weighted by molar-refractivity contribution is 5.78. The van der Waals surface area contributed by atoms with Crippen molar-refractivity contribution in [1.82, 2.24) is 20.2 Å². The Bertz CT molecular complexity index is 597. The molecule has 3 aliphatic rings. The van der Waals surface area contributed by atoms with Crippen LogP contribution in [0.2, 0.25) is 0 Å². The summed E-state index contributed by atoms with van der Waals surface area (Å²) >= 11 is 0. The van der Waals surface area contributed by atoms with Gasteiger partial charge in [0.05, 0.1) is 24.8 Å². The van der Waals surface area contributed by atoms with Crippen LogP contribution in [0.15, 0.2) is 18.5 Å². The van der Waals surface area contributed by atoms with Gasteiger partial charge in [-0.05, 0) is 25.3 Å². The summed E-state index contributed by atoms with van der Waals surface area (Å²) in [5.41, 5.74) is 0.0531. The SMILES string of the molecule is O=C(CN1CCN(c2ncccn2)CC1)NC1COC2(CCCCC2)C1. The number of rotatable bonds is 4. The van der Waals surface area contributed by atoms with Crippen molar-refractivity contribution in [2.75, 3.05) is 44.2 Å². The molecular formula is C19H29N5O2. The van der Waals surface area contributed by atoms with Crippen LogP contribution in [-0.4, -0.2) is 71.7 Å². The number of hydrogen-bond donors (Lipinski definition) is 1. The molecule has 4 rings (SSSR count). The Balaban J connectivity index is 1.20. The molecule has 1 aliphatic carbocycles. The zero-order chi connectivity index (χ0) is 17.8. The van der Waals surface area contributed by atoms with E-state index >= 15 is 0 Å². The number of anilines is 1. The smallest absolute Gasteiger partial charge is 0.234 e. The molecule has 1 aromatic heterocycles. The van der Waals surface area contributed by atoms with E-state index in [0.717, 1.165) is 51.4 Å². The van der Waals surface area contributed by atoms with Gasteiger partial charge in [-0.3, -0.25) is 9.69 Å². The molecule has 1 unspecified atom stereocenters. The summed E-state index contributed by atoms with van der Waals surface area (Å²) in [6, 6.07) is 2.01. The van der Waals surface area contributed by atoms with Crippen molar-refractivity contribution in [3.05, 3.63) is 18.5 Å². The van der Waals surface area contributed by atoms with Gasteiger partial charge in [0.25, 0.3) is 0 Å². The van der Waals surface area contributed by atoms with Gasteiger partial charge in [-0.15, -0.1) is 0 Å². The molecule has 2 saturated heterocycles. The number of nitrogens with one attached hydrogen (secondary N) is 1. The monoisotopic (exact) mass is 359 g/mol. The van der Waals surface area contributed by atoms with Crippen molar-refractivity contribution in [2.24, 2.45) is 0 Å². The molecule has 1 aromatic rings. The fraction of sp³-hybridized carbons (Fsp3) is 0.737. The fourth-order valence-corrected chi connectivity index (χ4v) is 4.52. The summed E-state index contributed by atoms with van der Waals surface area (Å²) in [5.74, 6) is 0.897. The van der Waals surface area contributed by atoms with Crippen molar-refractivity contribution in [3.8, 4) is 0 Å². The van der Waals surface area contributed by atoms with Crippen LogP contribution in [0.3, 0.4) is 0 Å². The van der Waals surface area contributed by atoms with Crippen LogP contribution in [0.4, 0.5) is 5.95 Å². The molecule has 7 nitrogen and oxygen atoms in total. The number of aromatic nitrogens is 2. The topological polar surface area (TPSA) is 70.6 Å². The predicted octanol–water partition coefficient (Wildman–Crippen LogP) is 1.21. The first-order valence-corrected chi connectivity index (χ1v) is 9.90. The van der Waals surface area contributed by atoms with E-state index in [4.69, 9.17) is 4.74 Å². The third-order valence-corrected chi connectivity index (χ3v) is 5.91. The Morgan fingerprint density at radius 1 is 1.15 bits per heavy atom. The quantitative estimate of drug-likeness (QED) is 0.871. The van der Waals surface area contributed by atoms with Gasteiger partial charge in [-0.2, -0.15) is 0 Å². The van der Waals surface area contributed by atoms with E-state index in [1.807, 2.05) is 6.07 Å². The van der Waals surface area contributed by atoms with Crippen molar-refractivity contribution >= 4 is 11.9 Å². The van der Waals surface area contributed by atoms with E-state index < -0.39 is 0 Å². The van der Waals surface area contributed by atoms with E-state index in [9.17, 15) is 4.79 Å². The summed E-state index contributed by atoms with van der Waals surface area (Å²) in [6.45, 7) is 4.56. The lowest BCUT2D eigenvalue weighted by Crippen LogP contribution is -2.51. The van der Waals surface area contributed by atoms with Gasteiger partial charge in [-0.25, -0.2) is 9.97 Å². The molecule has 3 fully saturated rings. The Labute approximate surface area is 155 Å². The molecule has 1 N–H and O–H groups in total. The molecular weight excluding hydrogens is 330 g/mol. The normalized spacial score (nSPS) is 26.2. The molecule has 1 amide bonds. The fourth-order valence-electron chi connectivity index (χ4n) is 4.52. The minimum atomic E-state index is 0.0531. The molecule has 2 aliphatic heterocycles. The Morgan fingerprint density at radius 2 is 1.88 bits per heavy atom. The summed E-state index contributed by atoms with van der Waals surface area (Å²) in [4.78, 5) is 25.4. The highest BCUT2D eigenvalue weighted by Crippen LogP contribution is 2.39. The highest BCUT2D eigenvalue weighted by atomic mass is 16.5. The van der Waals surface area contributed by atoms with E-state index in [-0.39, 0.29) is 17.6 Å². The molecule has 142 valence electrons. The molecule has 0 radical (unpaired) electrons. The molecule has 3 heterocycles. The lowest BCUT2D eigenvalue weighted by Gasteiger charge is -2.34. The zero-order valence-electron chi connectivity index (χ0n) is 15.4. The average Bonchev–Trinajstić information content (AvgIpc) is 3.05. The summed E-state index contributed by atoms with van der Waals surface area (Å²) in [6.07, 6.45) is 10.7. The van der Waals surface area contributed by atoms with Crippen molar-refractivity contribution in [3.63, 3.8) is 0 Å². The first kappa shape index (κ1) is 17.7. The van der Waals surface area contributed by atoms with E-state index in [1.165, 1.54) is 19.3 Å². The molecule has 0 bridgehead atoms. The molecule has 26 heavy (non-hydrogen) atoms. The summed E-state index contributed by atoms with van der Waals surface area (Å²) in [5, 5.41) is 3.20. The molecule has 1 saturated carbocycles. The Kier molecular flexibility index (Phi) is 5.36. The number of piperazine rings is 1. The first-order valence-electron chi connectivity index (χ1n) is 9.90. The maximum absolute atomic E-state index is 12.4. The van der Waals surface area contributed by atoms with Gasteiger partial charge >= 0.3 is 0 Å². The van der Waals surface area contributed by atoms with E-state index in [2.05, 4.69) is 25.1 Å². The van der Waals surface area contributed by atoms with Crippen LogP contribution in [0.5, 0.6) is 0 Å². The maximum atomic E-state index is 12.4. The number of carbonyl (C=O) groups is 1. The number of amides is 1. The Hall–Kier alpha value is -1.73. The van der Waals surface area contributed by atoms with Gasteiger partial charge < -0.3 is 15.0 Å². The third kappa shape index (κ3) is 4.15. The largest absolute Gasteiger partial charge is 0.373 e. The molecule has 1 atom stereocenters. The minimum Gasteiger partial charge on any atom is -0.373 e. The van der Waals surface area contributed by atoms with Crippen LogP contribution in [0.1, 0.15) is 38.5 Å². The number of ether oxygens (including phenoxy) is 1.